The third kappa shape index (κ3) is 38.1. The highest BCUT2D eigenvalue weighted by atomic mass is 16.7. The van der Waals surface area contributed by atoms with Crippen molar-refractivity contribution in [2.24, 2.45) is 0 Å². The second-order valence-electron chi connectivity index (χ2n) is 25.0. The molecule has 2 rings (SSSR count). The molecule has 2 saturated heterocycles. The van der Waals surface area contributed by atoms with Crippen LogP contribution in [0.15, 0.2) is 12.2 Å². The Hall–Kier alpha value is -1.27. The highest BCUT2D eigenvalue weighted by Crippen LogP contribution is 2.30. The van der Waals surface area contributed by atoms with E-state index >= 15 is 0 Å². The lowest BCUT2D eigenvalue weighted by atomic mass is 9.97. The number of carbonyl (C=O) groups is 1. The van der Waals surface area contributed by atoms with Crippen molar-refractivity contribution in [3.63, 3.8) is 0 Å². The van der Waals surface area contributed by atoms with Gasteiger partial charge in [-0.2, -0.15) is 0 Å². The highest BCUT2D eigenvalue weighted by molar-refractivity contribution is 5.76. The lowest BCUT2D eigenvalue weighted by Crippen LogP contribution is -2.65. The smallest absolute Gasteiger partial charge is 0.220 e. The standard InChI is InChI=1S/C68H131NO13/c1-3-5-7-9-11-13-15-17-18-19-20-21-22-23-24-25-26-27-28-29-30-31-32-33-34-35-36-37-38-40-42-44-46-48-50-52-60(73)69-56(57(72)51-49-47-45-43-41-39-16-14-12-10-8-6-4-2)55-79-67-65(78)63(76)66(59(54-71)81-67)82-68-64(77)62(75)61(74)58(53-70)80-68/h49,51,56-59,61-68,70-72,74-78H,3-48,50,52-55H2,1-2H3,(H,69,73)/b51-49+. The second-order valence-corrected chi connectivity index (χ2v) is 25.0. The normalized spacial score (nSPS) is 23.9. The minimum atomic E-state index is -1.79. The quantitative estimate of drug-likeness (QED) is 0.0204. The summed E-state index contributed by atoms with van der Waals surface area (Å²) in [6.45, 7) is 2.83. The van der Waals surface area contributed by atoms with Gasteiger partial charge in [0.25, 0.3) is 0 Å². The summed E-state index contributed by atoms with van der Waals surface area (Å²) in [6, 6.07) is -0.910. The average molecular weight is 1170 g/mol. The van der Waals surface area contributed by atoms with Gasteiger partial charge in [0, 0.05) is 6.42 Å². The van der Waals surface area contributed by atoms with Gasteiger partial charge in [-0.15, -0.1) is 0 Å². The van der Waals surface area contributed by atoms with Crippen molar-refractivity contribution in [3.8, 4) is 0 Å². The van der Waals surface area contributed by atoms with Gasteiger partial charge in [-0.1, -0.05) is 309 Å². The topological polar surface area (TPSA) is 228 Å². The molecule has 0 aliphatic carbocycles. The van der Waals surface area contributed by atoms with E-state index in [1.165, 1.54) is 257 Å². The molecule has 0 aromatic rings. The Morgan fingerprint density at radius 2 is 0.756 bits per heavy atom. The number of rotatable bonds is 58. The fourth-order valence-corrected chi connectivity index (χ4v) is 11.9. The minimum absolute atomic E-state index is 0.233. The Balaban J connectivity index is 1.57. The van der Waals surface area contributed by atoms with E-state index in [9.17, 15) is 45.6 Å². The van der Waals surface area contributed by atoms with Gasteiger partial charge in [-0.25, -0.2) is 0 Å². The van der Waals surface area contributed by atoms with Crippen molar-refractivity contribution >= 4 is 5.91 Å². The lowest BCUT2D eigenvalue weighted by Gasteiger charge is -2.46. The maximum Gasteiger partial charge on any atom is 0.220 e. The zero-order chi connectivity index (χ0) is 59.5. The summed E-state index contributed by atoms with van der Waals surface area (Å²) < 4.78 is 22.8. The first-order valence-corrected chi connectivity index (χ1v) is 34.9. The number of allylic oxidation sites excluding steroid dienone is 1. The summed E-state index contributed by atoms with van der Waals surface area (Å²) in [7, 11) is 0. The van der Waals surface area contributed by atoms with Crippen molar-refractivity contribution in [3.05, 3.63) is 12.2 Å². The molecule has 9 N–H and O–H groups in total. The predicted molar refractivity (Wildman–Crippen MR) is 332 cm³/mol. The fourth-order valence-electron chi connectivity index (χ4n) is 11.9. The third-order valence-electron chi connectivity index (χ3n) is 17.5. The van der Waals surface area contributed by atoms with Gasteiger partial charge in [0.1, 0.15) is 48.8 Å². The van der Waals surface area contributed by atoms with E-state index in [-0.39, 0.29) is 18.9 Å². The number of hydrogen-bond acceptors (Lipinski definition) is 13. The van der Waals surface area contributed by atoms with Crippen LogP contribution in [-0.2, 0) is 23.7 Å². The van der Waals surface area contributed by atoms with Crippen molar-refractivity contribution in [1.29, 1.82) is 0 Å². The van der Waals surface area contributed by atoms with Gasteiger partial charge in [0.2, 0.25) is 5.91 Å². The molecule has 0 bridgehead atoms. The molecule has 0 spiro atoms. The summed E-state index contributed by atoms with van der Waals surface area (Å²) >= 11 is 0. The fraction of sp³-hybridized carbons (Fsp3) is 0.956. The van der Waals surface area contributed by atoms with Crippen LogP contribution in [0.25, 0.3) is 0 Å². The zero-order valence-corrected chi connectivity index (χ0v) is 52.8. The molecule has 2 heterocycles. The van der Waals surface area contributed by atoms with Crippen LogP contribution < -0.4 is 5.32 Å². The summed E-state index contributed by atoms with van der Waals surface area (Å²) in [5.41, 5.74) is 0. The zero-order valence-electron chi connectivity index (χ0n) is 52.8. The molecule has 486 valence electrons. The summed E-state index contributed by atoms with van der Waals surface area (Å²) in [4.78, 5) is 13.3. The largest absolute Gasteiger partial charge is 0.394 e. The van der Waals surface area contributed by atoms with Crippen molar-refractivity contribution in [1.82, 2.24) is 5.32 Å². The Morgan fingerprint density at radius 3 is 1.12 bits per heavy atom. The van der Waals surface area contributed by atoms with Crippen LogP contribution in [0.3, 0.4) is 0 Å². The Morgan fingerprint density at radius 1 is 0.427 bits per heavy atom. The molecule has 0 aromatic heterocycles. The van der Waals surface area contributed by atoms with E-state index in [1.807, 2.05) is 6.08 Å². The van der Waals surface area contributed by atoms with Gasteiger partial charge in [-0.05, 0) is 19.3 Å². The van der Waals surface area contributed by atoms with Crippen molar-refractivity contribution < 1.29 is 64.6 Å². The van der Waals surface area contributed by atoms with Crippen LogP contribution >= 0.6 is 0 Å². The molecule has 0 aromatic carbocycles. The number of unbranched alkanes of at least 4 members (excludes halogenated alkanes) is 45. The van der Waals surface area contributed by atoms with Crippen LogP contribution in [0.4, 0.5) is 0 Å². The summed E-state index contributed by atoms with van der Waals surface area (Å²) in [6.07, 6.45) is 48.7. The molecule has 2 fully saturated rings. The molecule has 12 atom stereocenters. The van der Waals surface area contributed by atoms with Gasteiger partial charge < -0.3 is 65.1 Å². The molecule has 12 unspecified atom stereocenters. The number of nitrogens with one attached hydrogen (secondary N) is 1. The number of aliphatic hydroxyl groups excluding tert-OH is 8. The number of carbonyl (C=O) groups excluding carboxylic acids is 1. The van der Waals surface area contributed by atoms with Gasteiger partial charge in [-0.3, -0.25) is 4.79 Å². The van der Waals surface area contributed by atoms with Crippen LogP contribution in [-0.4, -0.2) is 140 Å². The molecule has 14 heteroatoms. The maximum absolute atomic E-state index is 13.3. The first kappa shape index (κ1) is 76.8. The molecular formula is C68H131NO13. The second kappa shape index (κ2) is 53.9. The Labute approximate surface area is 501 Å². The molecule has 2 aliphatic heterocycles. The van der Waals surface area contributed by atoms with Crippen LogP contribution in [0.5, 0.6) is 0 Å². The maximum atomic E-state index is 13.3. The third-order valence-corrected chi connectivity index (χ3v) is 17.5. The van der Waals surface area contributed by atoms with Crippen LogP contribution in [0, 0.1) is 0 Å². The van der Waals surface area contributed by atoms with E-state index in [2.05, 4.69) is 19.2 Å². The number of aliphatic hydroxyl groups is 8. The molecule has 0 saturated carbocycles. The van der Waals surface area contributed by atoms with Crippen molar-refractivity contribution in [2.75, 3.05) is 19.8 Å². The molecule has 14 nitrogen and oxygen atoms in total. The van der Waals surface area contributed by atoms with E-state index in [4.69, 9.17) is 18.9 Å². The molecule has 2 aliphatic rings. The molecule has 82 heavy (non-hydrogen) atoms. The lowest BCUT2D eigenvalue weighted by molar-refractivity contribution is -0.359. The number of amides is 1. The van der Waals surface area contributed by atoms with Gasteiger partial charge in [0.15, 0.2) is 12.6 Å². The first-order chi connectivity index (χ1) is 40.1. The van der Waals surface area contributed by atoms with E-state index < -0.39 is 86.8 Å². The number of hydrogen-bond donors (Lipinski definition) is 9. The van der Waals surface area contributed by atoms with Crippen LogP contribution in [0.2, 0.25) is 0 Å². The van der Waals surface area contributed by atoms with Gasteiger partial charge >= 0.3 is 0 Å². The predicted octanol–water partition coefficient (Wildman–Crippen LogP) is 13.8. The van der Waals surface area contributed by atoms with Crippen molar-refractivity contribution in [2.45, 2.75) is 396 Å². The molecule has 0 radical (unpaired) electrons. The highest BCUT2D eigenvalue weighted by Gasteiger charge is 2.51. The SMILES string of the molecule is CCCCCCCCCCCCC/C=C/C(O)C(COC1OC(CO)C(OC2OC(CO)C(O)C(O)C2O)C(O)C1O)NC(=O)CCCCCCCCCCCCCCCCCCCCCCCCCCCCCCCCCCCCC. The van der Waals surface area contributed by atoms with Gasteiger partial charge in [0.05, 0.1) is 32.0 Å². The summed E-state index contributed by atoms with van der Waals surface area (Å²) in [5.74, 6) is -0.233. The van der Waals surface area contributed by atoms with Crippen LogP contribution in [0.1, 0.15) is 322 Å². The van der Waals surface area contributed by atoms with E-state index in [0.29, 0.717) is 6.42 Å². The number of ether oxygens (including phenoxy) is 4. The Kier molecular flexibility index (Phi) is 50.5. The minimum Gasteiger partial charge on any atom is -0.394 e. The van der Waals surface area contributed by atoms with E-state index in [1.54, 1.807) is 6.08 Å². The monoisotopic (exact) mass is 1170 g/mol. The first-order valence-electron chi connectivity index (χ1n) is 34.9. The Bertz CT molecular complexity index is 1420. The average Bonchev–Trinajstić information content (AvgIpc) is 3.67. The van der Waals surface area contributed by atoms with E-state index in [0.717, 1.165) is 38.5 Å². The molecule has 1 amide bonds. The summed E-state index contributed by atoms with van der Waals surface area (Å²) in [5, 5.41) is 87.2. The molecular weight excluding hydrogens is 1040 g/mol.